The Bertz CT molecular complexity index is 768. The lowest BCUT2D eigenvalue weighted by molar-refractivity contribution is -0.885. The second-order valence-electron chi connectivity index (χ2n) is 6.88. The standard InChI is InChI=1S/C19H27N5O2/c1-13(2)20-19(26)21-18(25)12-23(5)11-17-14(3)22-24(15(17)4)16-9-7-6-8-10-16/h6-10,13H,11-12H2,1-5H3,(H2,20,21,25,26)/p+1. The fourth-order valence-corrected chi connectivity index (χ4v) is 2.86. The molecule has 7 heteroatoms. The number of carbonyl (C=O) groups excluding carboxylic acids is 2. The number of likely N-dealkylation sites (N-methyl/N-ethyl adjacent to an activating group) is 1. The number of carbonyl (C=O) groups is 2. The van der Waals surface area contributed by atoms with Crippen molar-refractivity contribution in [1.29, 1.82) is 0 Å². The van der Waals surface area contributed by atoms with Crippen LogP contribution in [0, 0.1) is 13.8 Å². The summed E-state index contributed by atoms with van der Waals surface area (Å²) in [6.07, 6.45) is 0. The van der Waals surface area contributed by atoms with Crippen molar-refractivity contribution in [1.82, 2.24) is 20.4 Å². The molecular formula is C19H28N5O2+. The summed E-state index contributed by atoms with van der Waals surface area (Å²) in [5, 5.41) is 9.63. The first-order valence-electron chi connectivity index (χ1n) is 8.80. The van der Waals surface area contributed by atoms with Gasteiger partial charge >= 0.3 is 6.03 Å². The average Bonchev–Trinajstić information content (AvgIpc) is 2.82. The Labute approximate surface area is 154 Å². The number of aromatic nitrogens is 2. The van der Waals surface area contributed by atoms with Crippen LogP contribution >= 0.6 is 0 Å². The fourth-order valence-electron chi connectivity index (χ4n) is 2.86. The third kappa shape index (κ3) is 5.16. The zero-order valence-corrected chi connectivity index (χ0v) is 16.1. The van der Waals surface area contributed by atoms with Gasteiger partial charge in [0.15, 0.2) is 6.54 Å². The number of para-hydroxylation sites is 1. The maximum Gasteiger partial charge on any atom is 0.321 e. The van der Waals surface area contributed by atoms with Gasteiger partial charge in [-0.2, -0.15) is 5.10 Å². The first kappa shape index (κ1) is 19.7. The molecule has 0 aliphatic heterocycles. The molecule has 3 N–H and O–H groups in total. The minimum Gasteiger partial charge on any atom is -0.336 e. The number of hydrogen-bond acceptors (Lipinski definition) is 3. The molecule has 0 spiro atoms. The quantitative estimate of drug-likeness (QED) is 0.712. The van der Waals surface area contributed by atoms with Crippen LogP contribution < -0.4 is 15.5 Å². The zero-order chi connectivity index (χ0) is 19.3. The van der Waals surface area contributed by atoms with E-state index in [0.717, 1.165) is 27.5 Å². The van der Waals surface area contributed by atoms with Gasteiger partial charge in [0, 0.05) is 6.04 Å². The summed E-state index contributed by atoms with van der Waals surface area (Å²) in [7, 11) is 1.93. The number of hydrogen-bond donors (Lipinski definition) is 3. The molecule has 1 aromatic carbocycles. The Hall–Kier alpha value is -2.67. The summed E-state index contributed by atoms with van der Waals surface area (Å²) in [5.41, 5.74) is 4.14. The Morgan fingerprint density at radius 3 is 2.46 bits per heavy atom. The Morgan fingerprint density at radius 2 is 1.85 bits per heavy atom. The number of rotatable bonds is 6. The predicted molar refractivity (Wildman–Crippen MR) is 100 cm³/mol. The fraction of sp³-hybridized carbons (Fsp3) is 0.421. The molecule has 1 aromatic heterocycles. The van der Waals surface area contributed by atoms with E-state index in [2.05, 4.69) is 15.7 Å². The largest absolute Gasteiger partial charge is 0.336 e. The first-order valence-corrected chi connectivity index (χ1v) is 8.80. The smallest absolute Gasteiger partial charge is 0.321 e. The number of nitrogens with one attached hydrogen (secondary N) is 3. The van der Waals surface area contributed by atoms with E-state index in [1.165, 1.54) is 0 Å². The molecule has 1 heterocycles. The summed E-state index contributed by atoms with van der Waals surface area (Å²) in [5.74, 6) is -0.300. The lowest BCUT2D eigenvalue weighted by Crippen LogP contribution is -3.09. The van der Waals surface area contributed by atoms with Crippen LogP contribution in [0.1, 0.15) is 30.8 Å². The van der Waals surface area contributed by atoms with Gasteiger partial charge in [0.05, 0.1) is 29.7 Å². The zero-order valence-electron chi connectivity index (χ0n) is 16.1. The van der Waals surface area contributed by atoms with Crippen LogP contribution in [0.5, 0.6) is 0 Å². The van der Waals surface area contributed by atoms with E-state index < -0.39 is 6.03 Å². The molecule has 140 valence electrons. The lowest BCUT2D eigenvalue weighted by atomic mass is 10.2. The highest BCUT2D eigenvalue weighted by Gasteiger charge is 2.19. The van der Waals surface area contributed by atoms with Gasteiger partial charge in [0.2, 0.25) is 0 Å². The molecule has 2 rings (SSSR count). The van der Waals surface area contributed by atoms with Crippen LogP contribution in [-0.4, -0.2) is 41.4 Å². The number of amides is 3. The summed E-state index contributed by atoms with van der Waals surface area (Å²) in [6.45, 7) is 8.57. The molecular weight excluding hydrogens is 330 g/mol. The maximum absolute atomic E-state index is 12.0. The van der Waals surface area contributed by atoms with E-state index in [1.807, 2.05) is 69.8 Å². The van der Waals surface area contributed by atoms with Crippen molar-refractivity contribution in [3.63, 3.8) is 0 Å². The van der Waals surface area contributed by atoms with Crippen molar-refractivity contribution < 1.29 is 14.5 Å². The third-order valence-electron chi connectivity index (χ3n) is 4.06. The summed E-state index contributed by atoms with van der Waals surface area (Å²) in [4.78, 5) is 24.6. The van der Waals surface area contributed by atoms with E-state index in [-0.39, 0.29) is 18.5 Å². The van der Waals surface area contributed by atoms with Crippen LogP contribution in [0.15, 0.2) is 30.3 Å². The summed E-state index contributed by atoms with van der Waals surface area (Å²) >= 11 is 0. The second-order valence-corrected chi connectivity index (χ2v) is 6.88. The van der Waals surface area contributed by atoms with Crippen LogP contribution in [0.3, 0.4) is 0 Å². The molecule has 1 unspecified atom stereocenters. The van der Waals surface area contributed by atoms with Crippen molar-refractivity contribution in [2.75, 3.05) is 13.6 Å². The van der Waals surface area contributed by atoms with Crippen molar-refractivity contribution in [3.8, 4) is 5.69 Å². The number of urea groups is 1. The molecule has 0 aliphatic carbocycles. The van der Waals surface area contributed by atoms with Gasteiger partial charge in [-0.25, -0.2) is 9.48 Å². The molecule has 26 heavy (non-hydrogen) atoms. The molecule has 0 aliphatic rings. The highest BCUT2D eigenvalue weighted by molar-refractivity contribution is 5.94. The van der Waals surface area contributed by atoms with E-state index in [9.17, 15) is 9.59 Å². The predicted octanol–water partition coefficient (Wildman–Crippen LogP) is 0.738. The van der Waals surface area contributed by atoms with Crippen LogP contribution in [0.4, 0.5) is 4.79 Å². The molecule has 1 atom stereocenters. The molecule has 0 fully saturated rings. The number of nitrogens with zero attached hydrogens (tertiary/aromatic N) is 2. The summed E-state index contributed by atoms with van der Waals surface area (Å²) < 4.78 is 1.92. The molecule has 2 aromatic rings. The Balaban J connectivity index is 2.01. The van der Waals surface area contributed by atoms with E-state index in [0.29, 0.717) is 6.54 Å². The minimum atomic E-state index is -0.456. The van der Waals surface area contributed by atoms with E-state index in [1.54, 1.807) is 0 Å². The van der Waals surface area contributed by atoms with E-state index >= 15 is 0 Å². The van der Waals surface area contributed by atoms with E-state index in [4.69, 9.17) is 0 Å². The minimum absolute atomic E-state index is 0.0120. The number of imide groups is 1. The number of benzene rings is 1. The normalized spacial score (nSPS) is 12.1. The van der Waals surface area contributed by atoms with Crippen molar-refractivity contribution in [3.05, 3.63) is 47.3 Å². The SMILES string of the molecule is Cc1nn(-c2ccccc2)c(C)c1C[NH+](C)CC(=O)NC(=O)NC(C)C. The Kier molecular flexibility index (Phi) is 6.52. The first-order chi connectivity index (χ1) is 12.3. The topological polar surface area (TPSA) is 80.5 Å². The van der Waals surface area contributed by atoms with Crippen LogP contribution in [-0.2, 0) is 11.3 Å². The molecule has 0 bridgehead atoms. The van der Waals surface area contributed by atoms with Crippen molar-refractivity contribution >= 4 is 11.9 Å². The molecule has 0 saturated carbocycles. The van der Waals surface area contributed by atoms with Crippen molar-refractivity contribution in [2.45, 2.75) is 40.3 Å². The van der Waals surface area contributed by atoms with Gasteiger partial charge in [-0.1, -0.05) is 18.2 Å². The number of aryl methyl sites for hydroxylation is 1. The average molecular weight is 358 g/mol. The van der Waals surface area contributed by atoms with Gasteiger partial charge in [-0.3, -0.25) is 10.1 Å². The maximum atomic E-state index is 12.0. The van der Waals surface area contributed by atoms with Gasteiger partial charge < -0.3 is 10.2 Å². The monoisotopic (exact) mass is 358 g/mol. The van der Waals surface area contributed by atoms with Gasteiger partial charge in [0.25, 0.3) is 5.91 Å². The third-order valence-corrected chi connectivity index (χ3v) is 4.06. The van der Waals surface area contributed by atoms with Crippen LogP contribution in [0.25, 0.3) is 5.69 Å². The molecule has 0 saturated heterocycles. The molecule has 3 amide bonds. The lowest BCUT2D eigenvalue weighted by Gasteiger charge is -2.15. The summed E-state index contributed by atoms with van der Waals surface area (Å²) in [6, 6.07) is 9.50. The second kappa shape index (κ2) is 8.62. The van der Waals surface area contributed by atoms with Gasteiger partial charge in [-0.15, -0.1) is 0 Å². The highest BCUT2D eigenvalue weighted by atomic mass is 16.2. The van der Waals surface area contributed by atoms with Crippen LogP contribution in [0.2, 0.25) is 0 Å². The van der Waals surface area contributed by atoms with Crippen molar-refractivity contribution in [2.24, 2.45) is 0 Å². The van der Waals surface area contributed by atoms with Gasteiger partial charge in [0.1, 0.15) is 6.54 Å². The number of quaternary nitrogens is 1. The molecule has 0 radical (unpaired) electrons. The molecule has 7 nitrogen and oxygen atoms in total. The van der Waals surface area contributed by atoms with Gasteiger partial charge in [-0.05, 0) is 39.8 Å². The Morgan fingerprint density at radius 1 is 1.19 bits per heavy atom. The highest BCUT2D eigenvalue weighted by Crippen LogP contribution is 2.16.